The number of carbonyl (C=O) groups is 2. The van der Waals surface area contributed by atoms with Gasteiger partial charge in [-0.05, 0) is 81.1 Å². The van der Waals surface area contributed by atoms with E-state index in [2.05, 4.69) is 19.8 Å². The average Bonchev–Trinajstić information content (AvgIpc) is 3.03. The van der Waals surface area contributed by atoms with Crippen molar-refractivity contribution in [3.8, 4) is 12.3 Å². The first-order valence-electron chi connectivity index (χ1n) is 12.4. The van der Waals surface area contributed by atoms with Crippen molar-refractivity contribution >= 4 is 11.8 Å². The van der Waals surface area contributed by atoms with E-state index in [4.69, 9.17) is 11.2 Å². The molecule has 0 amide bonds. The van der Waals surface area contributed by atoms with Crippen molar-refractivity contribution in [3.63, 3.8) is 0 Å². The standard InChI is InChI=1S/C27H38O3/c1-4-6-7-8-9-25(29)30-27(5-2)17-15-24-23-12-10-19-18-20(28)11-13-21(19)22(23)14-16-26(24,27)3/h2,18,21-24H,4,6-17H2,1,3H3/t21-,22-,23+,24+,26+,27-/m0/s1. The van der Waals surface area contributed by atoms with E-state index < -0.39 is 5.60 Å². The second kappa shape index (κ2) is 8.52. The van der Waals surface area contributed by atoms with Crippen LogP contribution in [-0.2, 0) is 14.3 Å². The lowest BCUT2D eigenvalue weighted by Crippen LogP contribution is -2.53. The number of hydrogen-bond acceptors (Lipinski definition) is 3. The first-order chi connectivity index (χ1) is 14.4. The molecule has 0 N–H and O–H groups in total. The molecule has 4 aliphatic carbocycles. The van der Waals surface area contributed by atoms with E-state index in [1.54, 1.807) is 0 Å². The maximum Gasteiger partial charge on any atom is 0.307 e. The van der Waals surface area contributed by atoms with Gasteiger partial charge in [0, 0.05) is 18.3 Å². The van der Waals surface area contributed by atoms with Gasteiger partial charge in [0.15, 0.2) is 11.4 Å². The molecule has 0 unspecified atom stereocenters. The molecule has 0 saturated heterocycles. The van der Waals surface area contributed by atoms with E-state index in [1.165, 1.54) is 12.0 Å². The topological polar surface area (TPSA) is 43.4 Å². The molecule has 0 aliphatic heterocycles. The largest absolute Gasteiger partial charge is 0.445 e. The number of allylic oxidation sites excluding steroid dienone is 1. The molecule has 3 saturated carbocycles. The van der Waals surface area contributed by atoms with Gasteiger partial charge in [-0.2, -0.15) is 0 Å². The maximum absolute atomic E-state index is 12.7. The highest BCUT2D eigenvalue weighted by atomic mass is 16.6. The predicted octanol–water partition coefficient (Wildman–Crippen LogP) is 6.01. The molecule has 0 heterocycles. The number of esters is 1. The summed E-state index contributed by atoms with van der Waals surface area (Å²) >= 11 is 0. The Balaban J connectivity index is 1.49. The Morgan fingerprint density at radius 1 is 1.13 bits per heavy atom. The fourth-order valence-corrected chi connectivity index (χ4v) is 7.55. The normalized spacial score (nSPS) is 39.9. The van der Waals surface area contributed by atoms with E-state index >= 15 is 0 Å². The van der Waals surface area contributed by atoms with Crippen molar-refractivity contribution in [3.05, 3.63) is 11.6 Å². The molecule has 3 fully saturated rings. The summed E-state index contributed by atoms with van der Waals surface area (Å²) < 4.78 is 6.17. The molecule has 30 heavy (non-hydrogen) atoms. The minimum absolute atomic E-state index is 0.104. The molecule has 3 nitrogen and oxygen atoms in total. The lowest BCUT2D eigenvalue weighted by Gasteiger charge is -2.55. The maximum atomic E-state index is 12.7. The predicted molar refractivity (Wildman–Crippen MR) is 119 cm³/mol. The average molecular weight is 411 g/mol. The number of unbranched alkanes of at least 4 members (excludes halogenated alkanes) is 3. The molecule has 4 aliphatic rings. The van der Waals surface area contributed by atoms with E-state index in [-0.39, 0.29) is 11.4 Å². The summed E-state index contributed by atoms with van der Waals surface area (Å²) in [5.41, 5.74) is 0.562. The number of rotatable bonds is 6. The van der Waals surface area contributed by atoms with Crippen LogP contribution in [0.4, 0.5) is 0 Å². The first-order valence-corrected chi connectivity index (χ1v) is 12.4. The van der Waals surface area contributed by atoms with Gasteiger partial charge in [-0.25, -0.2) is 0 Å². The summed E-state index contributed by atoms with van der Waals surface area (Å²) in [4.78, 5) is 24.6. The Bertz CT molecular complexity index is 759. The molecule has 0 spiro atoms. The Morgan fingerprint density at radius 3 is 2.73 bits per heavy atom. The van der Waals surface area contributed by atoms with Gasteiger partial charge in [-0.1, -0.05) is 44.6 Å². The van der Waals surface area contributed by atoms with Crippen LogP contribution in [0.25, 0.3) is 0 Å². The van der Waals surface area contributed by atoms with Crippen LogP contribution in [-0.4, -0.2) is 17.4 Å². The minimum atomic E-state index is -0.733. The first kappa shape index (κ1) is 21.7. The van der Waals surface area contributed by atoms with Crippen molar-refractivity contribution in [1.29, 1.82) is 0 Å². The third kappa shape index (κ3) is 3.55. The van der Waals surface area contributed by atoms with Crippen LogP contribution >= 0.6 is 0 Å². The number of fused-ring (bicyclic) bond motifs is 5. The van der Waals surface area contributed by atoms with Crippen LogP contribution in [0.1, 0.15) is 97.3 Å². The Kier molecular flexibility index (Phi) is 6.16. The van der Waals surface area contributed by atoms with Crippen molar-refractivity contribution in [1.82, 2.24) is 0 Å². The van der Waals surface area contributed by atoms with Crippen LogP contribution in [0.15, 0.2) is 11.6 Å². The SMILES string of the molecule is C#C[C@]1(OC(=O)CCCCCC)CC[C@@H]2[C@@H]3CCC4=CC(=O)CC[C@@H]4[C@@H]3CC[C@]21C. The number of carbonyl (C=O) groups excluding carboxylic acids is 2. The molecule has 0 aromatic rings. The molecule has 164 valence electrons. The third-order valence-corrected chi connectivity index (χ3v) is 9.18. The highest BCUT2D eigenvalue weighted by Gasteiger charge is 2.64. The lowest BCUT2D eigenvalue weighted by molar-refractivity contribution is -0.170. The quantitative estimate of drug-likeness (QED) is 0.306. The number of terminal acetylenes is 1. The number of hydrogen-bond donors (Lipinski definition) is 0. The smallest absolute Gasteiger partial charge is 0.307 e. The van der Waals surface area contributed by atoms with Gasteiger partial charge < -0.3 is 4.74 Å². The Labute approximate surface area is 182 Å². The highest BCUT2D eigenvalue weighted by molar-refractivity contribution is 5.91. The zero-order valence-corrected chi connectivity index (χ0v) is 18.9. The van der Waals surface area contributed by atoms with Crippen LogP contribution in [0.2, 0.25) is 0 Å². The number of ketones is 1. The summed E-state index contributed by atoms with van der Waals surface area (Å²) in [6, 6.07) is 0. The molecule has 0 aromatic carbocycles. The van der Waals surface area contributed by atoms with Crippen molar-refractivity contribution in [2.24, 2.45) is 29.1 Å². The molecule has 6 atom stereocenters. The van der Waals surface area contributed by atoms with Gasteiger partial charge in [0.1, 0.15) is 0 Å². The van der Waals surface area contributed by atoms with E-state index in [9.17, 15) is 9.59 Å². The Morgan fingerprint density at radius 2 is 1.97 bits per heavy atom. The van der Waals surface area contributed by atoms with Gasteiger partial charge in [-0.15, -0.1) is 6.42 Å². The molecule has 3 heteroatoms. The van der Waals surface area contributed by atoms with Crippen LogP contribution < -0.4 is 0 Å². The van der Waals surface area contributed by atoms with E-state index in [0.29, 0.717) is 42.3 Å². The van der Waals surface area contributed by atoms with Crippen molar-refractivity contribution < 1.29 is 14.3 Å². The van der Waals surface area contributed by atoms with Gasteiger partial charge in [0.2, 0.25) is 0 Å². The van der Waals surface area contributed by atoms with Gasteiger partial charge in [-0.3, -0.25) is 9.59 Å². The molecular weight excluding hydrogens is 372 g/mol. The second-order valence-corrected chi connectivity index (χ2v) is 10.6. The summed E-state index contributed by atoms with van der Waals surface area (Å²) in [6.07, 6.45) is 20.9. The molecule has 0 bridgehead atoms. The van der Waals surface area contributed by atoms with E-state index in [0.717, 1.165) is 64.2 Å². The summed E-state index contributed by atoms with van der Waals surface area (Å²) in [6.45, 7) is 4.48. The van der Waals surface area contributed by atoms with Crippen molar-refractivity contribution in [2.45, 2.75) is 103 Å². The van der Waals surface area contributed by atoms with Gasteiger partial charge in [0.25, 0.3) is 0 Å². The summed E-state index contributed by atoms with van der Waals surface area (Å²) in [7, 11) is 0. The molecular formula is C27H38O3. The van der Waals surface area contributed by atoms with Gasteiger partial charge >= 0.3 is 5.97 Å². The Hall–Kier alpha value is -1.56. The third-order valence-electron chi connectivity index (χ3n) is 9.18. The summed E-state index contributed by atoms with van der Waals surface area (Å²) in [5.74, 6) is 5.67. The number of ether oxygens (including phenoxy) is 1. The fourth-order valence-electron chi connectivity index (χ4n) is 7.55. The monoisotopic (exact) mass is 410 g/mol. The van der Waals surface area contributed by atoms with E-state index in [1.807, 2.05) is 6.08 Å². The minimum Gasteiger partial charge on any atom is -0.445 e. The fraction of sp³-hybridized carbons (Fsp3) is 0.778. The van der Waals surface area contributed by atoms with Crippen LogP contribution in [0, 0.1) is 41.4 Å². The molecule has 0 radical (unpaired) electrons. The lowest BCUT2D eigenvalue weighted by atomic mass is 9.50. The highest BCUT2D eigenvalue weighted by Crippen LogP contribution is 2.65. The van der Waals surface area contributed by atoms with Gasteiger partial charge in [0.05, 0.1) is 0 Å². The molecule has 0 aromatic heterocycles. The van der Waals surface area contributed by atoms with Crippen LogP contribution in [0.5, 0.6) is 0 Å². The van der Waals surface area contributed by atoms with Crippen LogP contribution in [0.3, 0.4) is 0 Å². The van der Waals surface area contributed by atoms with Crippen molar-refractivity contribution in [2.75, 3.05) is 0 Å². The summed E-state index contributed by atoms with van der Waals surface area (Å²) in [5, 5.41) is 0. The second-order valence-electron chi connectivity index (χ2n) is 10.6. The zero-order valence-electron chi connectivity index (χ0n) is 18.9. The molecule has 4 rings (SSSR count). The zero-order chi connectivity index (χ0) is 21.4.